The van der Waals surface area contributed by atoms with Crippen LogP contribution in [0.15, 0.2) is 18.2 Å². The number of benzene rings is 1. The van der Waals surface area contributed by atoms with Gasteiger partial charge in [-0.3, -0.25) is 10.1 Å². The number of hydrogen-bond acceptors (Lipinski definition) is 3. The van der Waals surface area contributed by atoms with Crippen LogP contribution < -0.4 is 4.90 Å². The van der Waals surface area contributed by atoms with Crippen molar-refractivity contribution in [2.45, 2.75) is 31.5 Å². The first-order valence-corrected chi connectivity index (χ1v) is 7.86. The summed E-state index contributed by atoms with van der Waals surface area (Å²) in [6.45, 7) is 4.25. The maximum atomic E-state index is 10.8. The Morgan fingerprint density at radius 2 is 2.21 bits per heavy atom. The molecular weight excluding hydrogens is 308 g/mol. The standard InChI is InChI=1S/C14H19BrN2O2/c1-2-7-16(10-11-3-4-11)14-6-5-13(17(18)19)8-12(14)9-15/h5-6,8,11H,2-4,7,9-10H2,1H3. The van der Waals surface area contributed by atoms with E-state index in [9.17, 15) is 10.1 Å². The highest BCUT2D eigenvalue weighted by molar-refractivity contribution is 9.08. The van der Waals surface area contributed by atoms with E-state index in [1.165, 1.54) is 12.8 Å². The Kier molecular flexibility index (Phi) is 4.80. The molecular formula is C14H19BrN2O2. The van der Waals surface area contributed by atoms with E-state index in [-0.39, 0.29) is 10.6 Å². The quantitative estimate of drug-likeness (QED) is 0.430. The van der Waals surface area contributed by atoms with Gasteiger partial charge >= 0.3 is 0 Å². The Morgan fingerprint density at radius 3 is 2.74 bits per heavy atom. The molecule has 2 rings (SSSR count). The first-order chi connectivity index (χ1) is 9.15. The second kappa shape index (κ2) is 6.37. The number of non-ortho nitro benzene ring substituents is 1. The molecule has 0 heterocycles. The second-order valence-electron chi connectivity index (χ2n) is 5.09. The molecule has 0 unspecified atom stereocenters. The number of nitro benzene ring substituents is 1. The maximum Gasteiger partial charge on any atom is 0.269 e. The van der Waals surface area contributed by atoms with E-state index in [0.717, 1.165) is 36.7 Å². The zero-order valence-electron chi connectivity index (χ0n) is 11.1. The molecule has 1 aliphatic carbocycles. The van der Waals surface area contributed by atoms with Crippen molar-refractivity contribution in [3.63, 3.8) is 0 Å². The molecule has 1 fully saturated rings. The van der Waals surface area contributed by atoms with Crippen molar-refractivity contribution in [3.05, 3.63) is 33.9 Å². The predicted octanol–water partition coefficient (Wildman–Crippen LogP) is 4.12. The molecule has 4 nitrogen and oxygen atoms in total. The molecule has 0 spiro atoms. The molecule has 0 N–H and O–H groups in total. The number of anilines is 1. The Morgan fingerprint density at radius 1 is 1.47 bits per heavy atom. The van der Waals surface area contributed by atoms with E-state index >= 15 is 0 Å². The normalized spacial score (nSPS) is 14.4. The van der Waals surface area contributed by atoms with Gasteiger partial charge in [-0.05, 0) is 36.8 Å². The van der Waals surface area contributed by atoms with Crippen LogP contribution in [0.2, 0.25) is 0 Å². The van der Waals surface area contributed by atoms with Gasteiger partial charge in [0.1, 0.15) is 0 Å². The first kappa shape index (κ1) is 14.3. The molecule has 0 amide bonds. The third-order valence-electron chi connectivity index (χ3n) is 3.43. The van der Waals surface area contributed by atoms with E-state index in [1.54, 1.807) is 12.1 Å². The highest BCUT2D eigenvalue weighted by Crippen LogP contribution is 2.34. The molecule has 1 saturated carbocycles. The third-order valence-corrected chi connectivity index (χ3v) is 4.03. The lowest BCUT2D eigenvalue weighted by Gasteiger charge is -2.26. The van der Waals surface area contributed by atoms with Gasteiger partial charge in [-0.25, -0.2) is 0 Å². The summed E-state index contributed by atoms with van der Waals surface area (Å²) in [4.78, 5) is 12.9. The van der Waals surface area contributed by atoms with Gasteiger partial charge in [0.25, 0.3) is 5.69 Å². The summed E-state index contributed by atoms with van der Waals surface area (Å²) >= 11 is 3.44. The first-order valence-electron chi connectivity index (χ1n) is 6.74. The van der Waals surface area contributed by atoms with Crippen molar-refractivity contribution >= 4 is 27.3 Å². The molecule has 1 aromatic rings. The number of nitro groups is 1. The van der Waals surface area contributed by atoms with Crippen LogP contribution in [0.1, 0.15) is 31.7 Å². The Bertz CT molecular complexity index is 461. The van der Waals surface area contributed by atoms with Crippen LogP contribution in [-0.2, 0) is 5.33 Å². The van der Waals surface area contributed by atoms with Gasteiger partial charge in [0, 0.05) is 36.2 Å². The molecule has 0 radical (unpaired) electrons. The Labute approximate surface area is 122 Å². The molecule has 104 valence electrons. The molecule has 1 aromatic carbocycles. The fraction of sp³-hybridized carbons (Fsp3) is 0.571. The van der Waals surface area contributed by atoms with Crippen LogP contribution in [0.5, 0.6) is 0 Å². The van der Waals surface area contributed by atoms with Crippen molar-refractivity contribution in [2.75, 3.05) is 18.0 Å². The molecule has 0 aliphatic heterocycles. The fourth-order valence-electron chi connectivity index (χ4n) is 2.29. The molecule has 0 bridgehead atoms. The number of alkyl halides is 1. The summed E-state index contributed by atoms with van der Waals surface area (Å²) in [6.07, 6.45) is 3.72. The smallest absolute Gasteiger partial charge is 0.269 e. The minimum Gasteiger partial charge on any atom is -0.371 e. The molecule has 0 saturated heterocycles. The third kappa shape index (κ3) is 3.69. The van der Waals surface area contributed by atoms with E-state index < -0.39 is 0 Å². The highest BCUT2D eigenvalue weighted by Gasteiger charge is 2.25. The predicted molar refractivity (Wildman–Crippen MR) is 81.0 cm³/mol. The summed E-state index contributed by atoms with van der Waals surface area (Å²) < 4.78 is 0. The topological polar surface area (TPSA) is 46.4 Å². The van der Waals surface area contributed by atoms with Crippen LogP contribution in [0.3, 0.4) is 0 Å². The van der Waals surface area contributed by atoms with Crippen LogP contribution in [-0.4, -0.2) is 18.0 Å². The monoisotopic (exact) mass is 326 g/mol. The molecule has 0 aromatic heterocycles. The van der Waals surface area contributed by atoms with Gasteiger partial charge in [-0.2, -0.15) is 0 Å². The molecule has 1 aliphatic rings. The summed E-state index contributed by atoms with van der Waals surface area (Å²) in [5, 5.41) is 11.5. The number of hydrogen-bond donors (Lipinski definition) is 0. The van der Waals surface area contributed by atoms with Crippen LogP contribution >= 0.6 is 15.9 Å². The van der Waals surface area contributed by atoms with Gasteiger partial charge < -0.3 is 4.90 Å². The minimum atomic E-state index is -0.332. The van der Waals surface area contributed by atoms with Crippen molar-refractivity contribution in [1.29, 1.82) is 0 Å². The lowest BCUT2D eigenvalue weighted by atomic mass is 10.1. The Hall–Kier alpha value is -1.10. The Balaban J connectivity index is 2.26. The average molecular weight is 327 g/mol. The molecule has 19 heavy (non-hydrogen) atoms. The maximum absolute atomic E-state index is 10.8. The van der Waals surface area contributed by atoms with E-state index in [4.69, 9.17) is 0 Å². The summed E-state index contributed by atoms with van der Waals surface area (Å²) in [5.41, 5.74) is 2.31. The molecule has 0 atom stereocenters. The van der Waals surface area contributed by atoms with Crippen molar-refractivity contribution in [1.82, 2.24) is 0 Å². The average Bonchev–Trinajstić information content (AvgIpc) is 3.21. The van der Waals surface area contributed by atoms with E-state index in [0.29, 0.717) is 5.33 Å². The highest BCUT2D eigenvalue weighted by atomic mass is 79.9. The van der Waals surface area contributed by atoms with Crippen LogP contribution in [0.4, 0.5) is 11.4 Å². The number of halogens is 1. The zero-order valence-corrected chi connectivity index (χ0v) is 12.7. The van der Waals surface area contributed by atoms with Crippen LogP contribution in [0, 0.1) is 16.0 Å². The fourth-order valence-corrected chi connectivity index (χ4v) is 2.74. The van der Waals surface area contributed by atoms with Gasteiger partial charge in [-0.15, -0.1) is 0 Å². The number of rotatable bonds is 7. The van der Waals surface area contributed by atoms with Gasteiger partial charge in [0.15, 0.2) is 0 Å². The van der Waals surface area contributed by atoms with Gasteiger partial charge in [-0.1, -0.05) is 22.9 Å². The summed E-state index contributed by atoms with van der Waals surface area (Å²) in [5.74, 6) is 0.810. The van der Waals surface area contributed by atoms with Crippen molar-refractivity contribution < 1.29 is 4.92 Å². The SMILES string of the molecule is CCCN(CC1CC1)c1ccc([N+](=O)[O-])cc1CBr. The summed E-state index contributed by atoms with van der Waals surface area (Å²) in [6, 6.07) is 5.18. The van der Waals surface area contributed by atoms with Gasteiger partial charge in [0.2, 0.25) is 0 Å². The minimum absolute atomic E-state index is 0.168. The van der Waals surface area contributed by atoms with Crippen LogP contribution in [0.25, 0.3) is 0 Å². The molecule has 5 heteroatoms. The summed E-state index contributed by atoms with van der Waals surface area (Å²) in [7, 11) is 0. The number of nitrogens with zero attached hydrogens (tertiary/aromatic N) is 2. The zero-order chi connectivity index (χ0) is 13.8. The van der Waals surface area contributed by atoms with E-state index in [2.05, 4.69) is 27.8 Å². The van der Waals surface area contributed by atoms with E-state index in [1.807, 2.05) is 6.07 Å². The van der Waals surface area contributed by atoms with Crippen molar-refractivity contribution in [2.24, 2.45) is 5.92 Å². The van der Waals surface area contributed by atoms with Crippen molar-refractivity contribution in [3.8, 4) is 0 Å². The lowest BCUT2D eigenvalue weighted by molar-refractivity contribution is -0.384. The lowest BCUT2D eigenvalue weighted by Crippen LogP contribution is -2.27. The van der Waals surface area contributed by atoms with Gasteiger partial charge in [0.05, 0.1) is 4.92 Å². The largest absolute Gasteiger partial charge is 0.371 e. The second-order valence-corrected chi connectivity index (χ2v) is 5.65.